The molecule has 0 bridgehead atoms. The van der Waals surface area contributed by atoms with E-state index in [0.717, 1.165) is 31.5 Å². The number of fused-ring (bicyclic) bond motifs is 1. The van der Waals surface area contributed by atoms with Crippen molar-refractivity contribution in [1.82, 2.24) is 10.6 Å². The van der Waals surface area contributed by atoms with E-state index in [9.17, 15) is 4.39 Å². The van der Waals surface area contributed by atoms with Gasteiger partial charge in [-0.25, -0.2) is 4.39 Å². The highest BCUT2D eigenvalue weighted by atomic mass is 19.1. The molecule has 26 heavy (non-hydrogen) atoms. The van der Waals surface area contributed by atoms with Gasteiger partial charge in [0.25, 0.3) is 0 Å². The molecule has 0 radical (unpaired) electrons. The molecule has 4 rings (SSSR count). The zero-order valence-corrected chi connectivity index (χ0v) is 14.7. The SMILES string of the molecule is N#CC1=CC(C2=CC3C=CN=CC3C(NC3CCNCC3)=C2)CC=C1F. The number of piperidine rings is 1. The number of allylic oxidation sites excluding steroid dienone is 9. The molecule has 0 aromatic carbocycles. The average Bonchev–Trinajstić information content (AvgIpc) is 2.69. The number of rotatable bonds is 3. The standard InChI is InChI=1S/C21H23FN4/c22-20-2-1-14(9-17(20)12-23)16-10-15-3-6-25-13-19(15)21(11-16)26-18-4-7-24-8-5-18/h2-3,6,9-11,13-15,18-19,24,26H,1,4-5,7-8H2. The minimum atomic E-state index is -0.403. The molecular formula is C21H23FN4. The number of nitriles is 1. The first kappa shape index (κ1) is 17.0. The molecule has 3 atom stereocenters. The normalized spacial score (nSPS) is 31.2. The van der Waals surface area contributed by atoms with Gasteiger partial charge in [0.15, 0.2) is 0 Å². The van der Waals surface area contributed by atoms with Gasteiger partial charge in [0.2, 0.25) is 0 Å². The zero-order chi connectivity index (χ0) is 17.9. The van der Waals surface area contributed by atoms with Crippen LogP contribution >= 0.6 is 0 Å². The fourth-order valence-electron chi connectivity index (χ4n) is 4.09. The summed E-state index contributed by atoms with van der Waals surface area (Å²) in [6.45, 7) is 2.08. The molecule has 2 aliphatic carbocycles. The topological polar surface area (TPSA) is 60.2 Å². The molecule has 4 aliphatic rings. The molecule has 0 spiro atoms. The molecule has 0 amide bonds. The van der Waals surface area contributed by atoms with Crippen LogP contribution in [0.25, 0.3) is 0 Å². The van der Waals surface area contributed by atoms with Crippen LogP contribution < -0.4 is 10.6 Å². The van der Waals surface area contributed by atoms with E-state index in [2.05, 4.69) is 33.9 Å². The van der Waals surface area contributed by atoms with Gasteiger partial charge in [0.1, 0.15) is 11.9 Å². The van der Waals surface area contributed by atoms with Gasteiger partial charge in [-0.2, -0.15) is 5.26 Å². The second kappa shape index (κ2) is 7.43. The van der Waals surface area contributed by atoms with Gasteiger partial charge in [0, 0.05) is 41.9 Å². The number of hydrogen-bond acceptors (Lipinski definition) is 4. The van der Waals surface area contributed by atoms with Crippen LogP contribution in [-0.2, 0) is 0 Å². The van der Waals surface area contributed by atoms with E-state index >= 15 is 0 Å². The smallest absolute Gasteiger partial charge is 0.136 e. The van der Waals surface area contributed by atoms with Gasteiger partial charge in [0.05, 0.1) is 5.57 Å². The van der Waals surface area contributed by atoms with Gasteiger partial charge < -0.3 is 10.6 Å². The largest absolute Gasteiger partial charge is 0.385 e. The number of aliphatic imine (C=N–C) groups is 1. The zero-order valence-electron chi connectivity index (χ0n) is 14.7. The summed E-state index contributed by atoms with van der Waals surface area (Å²) in [5.74, 6) is 0.127. The molecule has 2 heterocycles. The molecule has 3 unspecified atom stereocenters. The Kier molecular flexibility index (Phi) is 4.85. The van der Waals surface area contributed by atoms with Crippen molar-refractivity contribution in [1.29, 1.82) is 5.26 Å². The van der Waals surface area contributed by atoms with E-state index in [-0.39, 0.29) is 23.3 Å². The Labute approximate surface area is 153 Å². The van der Waals surface area contributed by atoms with Crippen molar-refractivity contribution < 1.29 is 4.39 Å². The van der Waals surface area contributed by atoms with Crippen molar-refractivity contribution in [2.24, 2.45) is 22.7 Å². The van der Waals surface area contributed by atoms with E-state index in [1.54, 1.807) is 6.08 Å². The monoisotopic (exact) mass is 350 g/mol. The highest BCUT2D eigenvalue weighted by molar-refractivity contribution is 5.70. The fourth-order valence-corrected chi connectivity index (χ4v) is 4.09. The molecule has 0 aromatic rings. The average molecular weight is 350 g/mol. The molecule has 4 nitrogen and oxygen atoms in total. The number of nitrogens with one attached hydrogen (secondary N) is 2. The third-order valence-electron chi connectivity index (χ3n) is 5.56. The fraction of sp³-hybridized carbons (Fsp3) is 0.429. The number of hydrogen-bond donors (Lipinski definition) is 2. The summed E-state index contributed by atoms with van der Waals surface area (Å²) in [5, 5.41) is 16.3. The molecule has 1 saturated heterocycles. The van der Waals surface area contributed by atoms with Crippen LogP contribution in [0.1, 0.15) is 19.3 Å². The molecule has 134 valence electrons. The lowest BCUT2D eigenvalue weighted by Crippen LogP contribution is -2.42. The summed E-state index contributed by atoms with van der Waals surface area (Å²) in [6, 6.07) is 2.44. The van der Waals surface area contributed by atoms with Gasteiger partial charge in [-0.3, -0.25) is 4.99 Å². The van der Waals surface area contributed by atoms with Gasteiger partial charge in [-0.15, -0.1) is 0 Å². The second-order valence-corrected chi connectivity index (χ2v) is 7.26. The van der Waals surface area contributed by atoms with Crippen molar-refractivity contribution in [2.45, 2.75) is 25.3 Å². The van der Waals surface area contributed by atoms with Crippen LogP contribution in [0, 0.1) is 29.1 Å². The lowest BCUT2D eigenvalue weighted by molar-refractivity contribution is 0.396. The van der Waals surface area contributed by atoms with E-state index < -0.39 is 5.83 Å². The van der Waals surface area contributed by atoms with E-state index in [0.29, 0.717) is 12.5 Å². The molecule has 0 saturated carbocycles. The van der Waals surface area contributed by atoms with Crippen molar-refractivity contribution in [3.63, 3.8) is 0 Å². The third-order valence-corrected chi connectivity index (χ3v) is 5.56. The number of halogens is 1. The Balaban J connectivity index is 1.61. The second-order valence-electron chi connectivity index (χ2n) is 7.26. The summed E-state index contributed by atoms with van der Waals surface area (Å²) >= 11 is 0. The van der Waals surface area contributed by atoms with Crippen LogP contribution in [0.2, 0.25) is 0 Å². The summed E-state index contributed by atoms with van der Waals surface area (Å²) in [7, 11) is 0. The molecule has 5 heteroatoms. The maximum Gasteiger partial charge on any atom is 0.136 e. The van der Waals surface area contributed by atoms with E-state index in [1.165, 1.54) is 11.8 Å². The maximum absolute atomic E-state index is 13.7. The quantitative estimate of drug-likeness (QED) is 0.821. The number of nitrogens with zero attached hydrogens (tertiary/aromatic N) is 2. The van der Waals surface area contributed by atoms with E-state index in [1.807, 2.05) is 18.5 Å². The Bertz CT molecular complexity index is 787. The third kappa shape index (κ3) is 3.42. The first-order valence-corrected chi connectivity index (χ1v) is 9.33. The predicted octanol–water partition coefficient (Wildman–Crippen LogP) is 3.31. The van der Waals surface area contributed by atoms with Gasteiger partial charge >= 0.3 is 0 Å². The molecule has 2 aliphatic heterocycles. The van der Waals surface area contributed by atoms with Crippen LogP contribution in [0.5, 0.6) is 0 Å². The Morgan fingerprint density at radius 1 is 1.27 bits per heavy atom. The van der Waals surface area contributed by atoms with Gasteiger partial charge in [-0.05, 0) is 50.1 Å². The van der Waals surface area contributed by atoms with Crippen LogP contribution in [0.3, 0.4) is 0 Å². The predicted molar refractivity (Wildman–Crippen MR) is 101 cm³/mol. The lowest BCUT2D eigenvalue weighted by Gasteiger charge is -2.34. The summed E-state index contributed by atoms with van der Waals surface area (Å²) in [5.41, 5.74) is 2.49. The summed E-state index contributed by atoms with van der Waals surface area (Å²) in [6.07, 6.45) is 16.5. The Hall–Kier alpha value is -2.45. The molecular weight excluding hydrogens is 327 g/mol. The molecule has 0 aromatic heterocycles. The first-order chi connectivity index (χ1) is 12.7. The Morgan fingerprint density at radius 3 is 2.92 bits per heavy atom. The molecule has 2 N–H and O–H groups in total. The van der Waals surface area contributed by atoms with Crippen LogP contribution in [0.15, 0.2) is 64.2 Å². The minimum absolute atomic E-state index is 0.0437. The highest BCUT2D eigenvalue weighted by Gasteiger charge is 2.30. The highest BCUT2D eigenvalue weighted by Crippen LogP contribution is 2.37. The Morgan fingerprint density at radius 2 is 2.12 bits per heavy atom. The van der Waals surface area contributed by atoms with Crippen molar-refractivity contribution in [3.05, 3.63) is 59.3 Å². The van der Waals surface area contributed by atoms with Crippen molar-refractivity contribution in [2.75, 3.05) is 13.1 Å². The summed E-state index contributed by atoms with van der Waals surface area (Å²) < 4.78 is 13.7. The van der Waals surface area contributed by atoms with Crippen molar-refractivity contribution >= 4 is 6.21 Å². The van der Waals surface area contributed by atoms with E-state index in [4.69, 9.17) is 5.26 Å². The minimum Gasteiger partial charge on any atom is -0.385 e. The van der Waals surface area contributed by atoms with Gasteiger partial charge in [-0.1, -0.05) is 18.2 Å². The molecule has 1 fully saturated rings. The lowest BCUT2D eigenvalue weighted by atomic mass is 9.77. The summed E-state index contributed by atoms with van der Waals surface area (Å²) in [4.78, 5) is 4.34. The maximum atomic E-state index is 13.7. The van der Waals surface area contributed by atoms with Crippen LogP contribution in [-0.4, -0.2) is 25.3 Å². The first-order valence-electron chi connectivity index (χ1n) is 9.33. The van der Waals surface area contributed by atoms with Crippen LogP contribution in [0.4, 0.5) is 4.39 Å². The van der Waals surface area contributed by atoms with Crippen molar-refractivity contribution in [3.8, 4) is 6.07 Å².